The van der Waals surface area contributed by atoms with E-state index in [9.17, 15) is 4.79 Å². The summed E-state index contributed by atoms with van der Waals surface area (Å²) in [4.78, 5) is 10.5. The Morgan fingerprint density at radius 2 is 2.31 bits per heavy atom. The van der Waals surface area contributed by atoms with Gasteiger partial charge in [-0.05, 0) is 31.2 Å². The topological polar surface area (TPSA) is 58.6 Å². The lowest BCUT2D eigenvalue weighted by molar-refractivity contribution is -0.137. The standard InChI is InChI=1S/C12H17NO3/c1-13-11(6-7-12(14)15)9-4-3-5-10(8-9)16-2/h3-5,8,11,13H,6-7H2,1-2H3,(H,14,15). The van der Waals surface area contributed by atoms with Gasteiger partial charge in [0.1, 0.15) is 5.75 Å². The van der Waals surface area contributed by atoms with Crippen LogP contribution in [0, 0.1) is 0 Å². The Hall–Kier alpha value is -1.55. The highest BCUT2D eigenvalue weighted by Gasteiger charge is 2.11. The minimum absolute atomic E-state index is 0.0474. The molecular formula is C12H17NO3. The summed E-state index contributed by atoms with van der Waals surface area (Å²) in [5.41, 5.74) is 1.04. The molecule has 0 saturated heterocycles. The molecule has 0 spiro atoms. The minimum Gasteiger partial charge on any atom is -0.497 e. The molecule has 1 atom stereocenters. The Bertz CT molecular complexity index is 352. The van der Waals surface area contributed by atoms with E-state index in [4.69, 9.17) is 9.84 Å². The molecule has 0 aliphatic carbocycles. The predicted octanol–water partition coefficient (Wildman–Crippen LogP) is 1.82. The van der Waals surface area contributed by atoms with E-state index >= 15 is 0 Å². The molecule has 0 radical (unpaired) electrons. The van der Waals surface area contributed by atoms with Crippen LogP contribution in [0.25, 0.3) is 0 Å². The Morgan fingerprint density at radius 3 is 2.88 bits per heavy atom. The highest BCUT2D eigenvalue weighted by atomic mass is 16.5. The highest BCUT2D eigenvalue weighted by molar-refractivity contribution is 5.66. The van der Waals surface area contributed by atoms with E-state index in [1.54, 1.807) is 7.11 Å². The molecular weight excluding hydrogens is 206 g/mol. The molecule has 0 aromatic heterocycles. The molecule has 88 valence electrons. The van der Waals surface area contributed by atoms with Crippen LogP contribution in [-0.2, 0) is 4.79 Å². The number of hydrogen-bond donors (Lipinski definition) is 2. The quantitative estimate of drug-likeness (QED) is 0.772. The SMILES string of the molecule is CNC(CCC(=O)O)c1cccc(OC)c1. The summed E-state index contributed by atoms with van der Waals surface area (Å²) in [5.74, 6) is 0.0104. The van der Waals surface area contributed by atoms with Crippen molar-refractivity contribution in [2.45, 2.75) is 18.9 Å². The van der Waals surface area contributed by atoms with Gasteiger partial charge in [-0.2, -0.15) is 0 Å². The number of aliphatic carboxylic acids is 1. The van der Waals surface area contributed by atoms with E-state index in [-0.39, 0.29) is 12.5 Å². The second kappa shape index (κ2) is 6.12. The second-order valence-corrected chi connectivity index (χ2v) is 3.55. The predicted molar refractivity (Wildman–Crippen MR) is 61.7 cm³/mol. The first-order valence-electron chi connectivity index (χ1n) is 5.20. The van der Waals surface area contributed by atoms with Crippen LogP contribution in [0.15, 0.2) is 24.3 Å². The summed E-state index contributed by atoms with van der Waals surface area (Å²) in [7, 11) is 3.44. The third kappa shape index (κ3) is 3.55. The summed E-state index contributed by atoms with van der Waals surface area (Å²) in [6.07, 6.45) is 0.724. The number of methoxy groups -OCH3 is 1. The molecule has 0 fully saturated rings. The molecule has 1 unspecified atom stereocenters. The number of hydrogen-bond acceptors (Lipinski definition) is 3. The van der Waals surface area contributed by atoms with Gasteiger partial charge >= 0.3 is 5.97 Å². The summed E-state index contributed by atoms with van der Waals surface area (Å²) >= 11 is 0. The third-order valence-electron chi connectivity index (χ3n) is 2.49. The molecule has 16 heavy (non-hydrogen) atoms. The van der Waals surface area contributed by atoms with Crippen molar-refractivity contribution in [3.8, 4) is 5.75 Å². The molecule has 0 amide bonds. The molecule has 0 bridgehead atoms. The molecule has 0 saturated carbocycles. The Kier molecular flexibility index (Phi) is 4.79. The first-order valence-corrected chi connectivity index (χ1v) is 5.20. The average Bonchev–Trinajstić information content (AvgIpc) is 2.30. The normalized spacial score (nSPS) is 12.1. The van der Waals surface area contributed by atoms with Crippen molar-refractivity contribution in [3.63, 3.8) is 0 Å². The van der Waals surface area contributed by atoms with Crippen LogP contribution in [0.2, 0.25) is 0 Å². The molecule has 1 rings (SSSR count). The lowest BCUT2D eigenvalue weighted by Gasteiger charge is -2.16. The van der Waals surface area contributed by atoms with Gasteiger partial charge in [0.25, 0.3) is 0 Å². The fourth-order valence-electron chi connectivity index (χ4n) is 1.60. The van der Waals surface area contributed by atoms with E-state index < -0.39 is 5.97 Å². The van der Waals surface area contributed by atoms with Gasteiger partial charge in [0.15, 0.2) is 0 Å². The Balaban J connectivity index is 2.73. The summed E-state index contributed by atoms with van der Waals surface area (Å²) in [6, 6.07) is 7.70. The molecule has 1 aromatic carbocycles. The van der Waals surface area contributed by atoms with Crippen molar-refractivity contribution in [2.24, 2.45) is 0 Å². The first kappa shape index (κ1) is 12.5. The molecule has 1 aromatic rings. The number of carbonyl (C=O) groups is 1. The first-order chi connectivity index (χ1) is 7.67. The number of nitrogens with one attached hydrogen (secondary N) is 1. The zero-order valence-corrected chi connectivity index (χ0v) is 9.56. The average molecular weight is 223 g/mol. The highest BCUT2D eigenvalue weighted by Crippen LogP contribution is 2.22. The maximum atomic E-state index is 10.5. The van der Waals surface area contributed by atoms with Crippen molar-refractivity contribution in [2.75, 3.05) is 14.2 Å². The van der Waals surface area contributed by atoms with Crippen molar-refractivity contribution in [3.05, 3.63) is 29.8 Å². The Morgan fingerprint density at radius 1 is 1.56 bits per heavy atom. The van der Waals surface area contributed by atoms with Gasteiger partial charge in [-0.1, -0.05) is 12.1 Å². The zero-order chi connectivity index (χ0) is 12.0. The van der Waals surface area contributed by atoms with Gasteiger partial charge in [-0.25, -0.2) is 0 Å². The summed E-state index contributed by atoms with van der Waals surface area (Å²) in [5, 5.41) is 11.8. The zero-order valence-electron chi connectivity index (χ0n) is 9.56. The van der Waals surface area contributed by atoms with Crippen molar-refractivity contribution < 1.29 is 14.6 Å². The number of rotatable bonds is 6. The monoisotopic (exact) mass is 223 g/mol. The number of benzene rings is 1. The summed E-state index contributed by atoms with van der Waals surface area (Å²) < 4.78 is 5.13. The fourth-order valence-corrected chi connectivity index (χ4v) is 1.60. The second-order valence-electron chi connectivity index (χ2n) is 3.55. The van der Waals surface area contributed by atoms with Crippen LogP contribution in [0.1, 0.15) is 24.4 Å². The number of ether oxygens (including phenoxy) is 1. The summed E-state index contributed by atoms with van der Waals surface area (Å²) in [6.45, 7) is 0. The maximum absolute atomic E-state index is 10.5. The van der Waals surface area contributed by atoms with Gasteiger partial charge in [0.2, 0.25) is 0 Å². The van der Waals surface area contributed by atoms with Gasteiger partial charge in [0.05, 0.1) is 7.11 Å². The van der Waals surface area contributed by atoms with Crippen LogP contribution in [0.4, 0.5) is 0 Å². The Labute approximate surface area is 95.2 Å². The lowest BCUT2D eigenvalue weighted by atomic mass is 10.0. The van der Waals surface area contributed by atoms with E-state index in [1.165, 1.54) is 0 Å². The van der Waals surface area contributed by atoms with Crippen molar-refractivity contribution in [1.29, 1.82) is 0 Å². The molecule has 4 heteroatoms. The van der Waals surface area contributed by atoms with Gasteiger partial charge in [-0.3, -0.25) is 4.79 Å². The third-order valence-corrected chi connectivity index (χ3v) is 2.49. The smallest absolute Gasteiger partial charge is 0.303 e. The number of carboxylic acids is 1. The molecule has 0 aliphatic heterocycles. The van der Waals surface area contributed by atoms with E-state index in [0.29, 0.717) is 6.42 Å². The molecule has 0 aliphatic rings. The molecule has 2 N–H and O–H groups in total. The fraction of sp³-hybridized carbons (Fsp3) is 0.417. The van der Waals surface area contributed by atoms with Gasteiger partial charge < -0.3 is 15.2 Å². The largest absolute Gasteiger partial charge is 0.497 e. The lowest BCUT2D eigenvalue weighted by Crippen LogP contribution is -2.17. The number of carboxylic acid groups (broad SMARTS) is 1. The van der Waals surface area contributed by atoms with Crippen LogP contribution in [-0.4, -0.2) is 25.2 Å². The minimum atomic E-state index is -0.775. The van der Waals surface area contributed by atoms with Crippen LogP contribution < -0.4 is 10.1 Å². The molecule has 0 heterocycles. The van der Waals surface area contributed by atoms with E-state index in [2.05, 4.69) is 5.32 Å². The van der Waals surface area contributed by atoms with Crippen molar-refractivity contribution >= 4 is 5.97 Å². The van der Waals surface area contributed by atoms with Gasteiger partial charge in [-0.15, -0.1) is 0 Å². The van der Waals surface area contributed by atoms with E-state index in [1.807, 2.05) is 31.3 Å². The van der Waals surface area contributed by atoms with Crippen LogP contribution >= 0.6 is 0 Å². The van der Waals surface area contributed by atoms with Crippen LogP contribution in [0.5, 0.6) is 5.75 Å². The van der Waals surface area contributed by atoms with Crippen LogP contribution in [0.3, 0.4) is 0 Å². The van der Waals surface area contributed by atoms with E-state index in [0.717, 1.165) is 11.3 Å². The molecule has 4 nitrogen and oxygen atoms in total. The van der Waals surface area contributed by atoms with Crippen molar-refractivity contribution in [1.82, 2.24) is 5.32 Å². The van der Waals surface area contributed by atoms with Gasteiger partial charge in [0, 0.05) is 12.5 Å². The maximum Gasteiger partial charge on any atom is 0.303 e.